The molecule has 3 aromatic carbocycles. The predicted octanol–water partition coefficient (Wildman–Crippen LogP) is 5.90. The molecule has 0 radical (unpaired) electrons. The minimum atomic E-state index is 1.17. The third kappa shape index (κ3) is 2.46. The zero-order valence-corrected chi connectivity index (χ0v) is 14.3. The molecule has 0 unspecified atom stereocenters. The van der Waals surface area contributed by atoms with Crippen LogP contribution in [0.2, 0.25) is 0 Å². The largest absolute Gasteiger partial charge is 0.219 e. The average molecular weight is 332 g/mol. The lowest BCUT2D eigenvalue weighted by Crippen LogP contribution is -2.25. The molecular formula is C25H18N+. The summed E-state index contributed by atoms with van der Waals surface area (Å²) >= 11 is 0. The van der Waals surface area contributed by atoms with Crippen molar-refractivity contribution in [3.05, 3.63) is 108 Å². The van der Waals surface area contributed by atoms with E-state index in [9.17, 15) is 0 Å². The summed E-state index contributed by atoms with van der Waals surface area (Å²) < 4.78 is 2.25. The Morgan fingerprint density at radius 3 is 2.12 bits per heavy atom. The van der Waals surface area contributed by atoms with Crippen molar-refractivity contribution in [1.82, 2.24) is 0 Å². The second-order valence-corrected chi connectivity index (χ2v) is 6.51. The van der Waals surface area contributed by atoms with Crippen LogP contribution in [0.5, 0.6) is 0 Å². The molecule has 0 fully saturated rings. The molecule has 26 heavy (non-hydrogen) atoms. The fraction of sp³-hybridized carbons (Fsp3) is 0. The minimum Gasteiger partial charge on any atom is -0.160 e. The van der Waals surface area contributed by atoms with Gasteiger partial charge in [0.25, 0.3) is 0 Å². The van der Waals surface area contributed by atoms with Crippen LogP contribution in [0.3, 0.4) is 0 Å². The summed E-state index contributed by atoms with van der Waals surface area (Å²) in [5.74, 6) is 0. The van der Waals surface area contributed by atoms with E-state index in [4.69, 9.17) is 0 Å². The Balaban J connectivity index is 1.67. The SMILES string of the molecule is C(=C\c1cccc2c3ccccc3cc[n+]12)/c1cccc2ccccc12. The van der Waals surface area contributed by atoms with E-state index >= 15 is 0 Å². The van der Waals surface area contributed by atoms with Crippen molar-refractivity contribution in [1.29, 1.82) is 0 Å². The van der Waals surface area contributed by atoms with E-state index in [0.29, 0.717) is 0 Å². The Hall–Kier alpha value is -3.45. The summed E-state index contributed by atoms with van der Waals surface area (Å²) in [4.78, 5) is 0. The van der Waals surface area contributed by atoms with Crippen LogP contribution in [0.4, 0.5) is 0 Å². The summed E-state index contributed by atoms with van der Waals surface area (Å²) in [5, 5.41) is 5.09. The monoisotopic (exact) mass is 332 g/mol. The number of pyridine rings is 2. The third-order valence-corrected chi connectivity index (χ3v) is 4.96. The average Bonchev–Trinajstić information content (AvgIpc) is 2.72. The first kappa shape index (κ1) is 14.9. The van der Waals surface area contributed by atoms with Crippen molar-refractivity contribution < 1.29 is 4.40 Å². The second-order valence-electron chi connectivity index (χ2n) is 6.51. The van der Waals surface area contributed by atoms with E-state index in [-0.39, 0.29) is 0 Å². The first-order valence-corrected chi connectivity index (χ1v) is 8.88. The smallest absolute Gasteiger partial charge is 0.160 e. The third-order valence-electron chi connectivity index (χ3n) is 4.96. The Bertz CT molecular complexity index is 1280. The molecule has 0 N–H and O–H groups in total. The van der Waals surface area contributed by atoms with Crippen LogP contribution < -0.4 is 4.40 Å². The lowest BCUT2D eigenvalue weighted by molar-refractivity contribution is -0.513. The number of hydrogen-bond acceptors (Lipinski definition) is 0. The van der Waals surface area contributed by atoms with Gasteiger partial charge in [0.05, 0.1) is 5.39 Å². The number of nitrogens with zero attached hydrogens (tertiary/aromatic N) is 1. The van der Waals surface area contributed by atoms with Crippen LogP contribution in [0.25, 0.3) is 39.2 Å². The molecule has 0 aliphatic carbocycles. The lowest BCUT2D eigenvalue weighted by Gasteiger charge is -2.02. The van der Waals surface area contributed by atoms with E-state index in [1.807, 2.05) is 0 Å². The topological polar surface area (TPSA) is 4.10 Å². The highest BCUT2D eigenvalue weighted by Gasteiger charge is 2.10. The van der Waals surface area contributed by atoms with Gasteiger partial charge in [-0.05, 0) is 39.9 Å². The van der Waals surface area contributed by atoms with Gasteiger partial charge < -0.3 is 0 Å². The van der Waals surface area contributed by atoms with Crippen molar-refractivity contribution >= 4 is 39.2 Å². The van der Waals surface area contributed by atoms with Gasteiger partial charge in [-0.1, -0.05) is 60.7 Å². The summed E-state index contributed by atoms with van der Waals surface area (Å²) in [6.07, 6.45) is 6.56. The Kier molecular flexibility index (Phi) is 3.50. The van der Waals surface area contributed by atoms with Gasteiger partial charge in [0, 0.05) is 24.3 Å². The van der Waals surface area contributed by atoms with Crippen molar-refractivity contribution in [2.75, 3.05) is 0 Å². The van der Waals surface area contributed by atoms with E-state index in [0.717, 1.165) is 0 Å². The first-order chi connectivity index (χ1) is 12.9. The second kappa shape index (κ2) is 6.12. The molecular weight excluding hydrogens is 314 g/mol. The van der Waals surface area contributed by atoms with Crippen molar-refractivity contribution in [2.45, 2.75) is 0 Å². The molecule has 122 valence electrons. The number of hydrogen-bond donors (Lipinski definition) is 0. The summed E-state index contributed by atoms with van der Waals surface area (Å²) in [7, 11) is 0. The molecule has 5 rings (SSSR count). The molecule has 0 atom stereocenters. The van der Waals surface area contributed by atoms with Gasteiger partial charge in [0.15, 0.2) is 6.20 Å². The van der Waals surface area contributed by atoms with Gasteiger partial charge in [-0.15, -0.1) is 0 Å². The summed E-state index contributed by atoms with van der Waals surface area (Å²) in [6.45, 7) is 0. The van der Waals surface area contributed by atoms with Crippen LogP contribution in [-0.4, -0.2) is 0 Å². The fourth-order valence-electron chi connectivity index (χ4n) is 3.66. The van der Waals surface area contributed by atoms with Gasteiger partial charge in [0.2, 0.25) is 11.2 Å². The highest BCUT2D eigenvalue weighted by molar-refractivity contribution is 5.94. The summed E-state index contributed by atoms with van der Waals surface area (Å²) in [6, 6.07) is 32.1. The number of fused-ring (bicyclic) bond motifs is 4. The molecule has 1 nitrogen and oxygen atoms in total. The normalized spacial score (nSPS) is 11.7. The number of rotatable bonds is 2. The van der Waals surface area contributed by atoms with Crippen molar-refractivity contribution in [3.63, 3.8) is 0 Å². The molecule has 5 aromatic rings. The van der Waals surface area contributed by atoms with E-state index in [2.05, 4.69) is 114 Å². The van der Waals surface area contributed by atoms with Gasteiger partial charge in [-0.3, -0.25) is 0 Å². The number of aromatic nitrogens is 1. The van der Waals surface area contributed by atoms with Crippen LogP contribution >= 0.6 is 0 Å². The van der Waals surface area contributed by atoms with Gasteiger partial charge >= 0.3 is 0 Å². The molecule has 0 saturated heterocycles. The molecule has 0 bridgehead atoms. The van der Waals surface area contributed by atoms with E-state index in [1.165, 1.54) is 38.3 Å². The Labute approximate surface area is 152 Å². The molecule has 0 aliphatic heterocycles. The highest BCUT2D eigenvalue weighted by Crippen LogP contribution is 2.21. The highest BCUT2D eigenvalue weighted by atomic mass is 14.9. The standard InChI is InChI=1S/C25H18N/c1-3-12-23-19(7-1)9-5-10-20(23)15-16-22-11-6-14-25-24-13-4-2-8-21(24)17-18-26(22)25/h1-18H/q+1/b16-15+. The van der Waals surface area contributed by atoms with Crippen molar-refractivity contribution in [2.24, 2.45) is 0 Å². The molecule has 2 heterocycles. The predicted molar refractivity (Wildman–Crippen MR) is 110 cm³/mol. The maximum Gasteiger partial charge on any atom is 0.219 e. The molecule has 2 aromatic heterocycles. The van der Waals surface area contributed by atoms with Crippen LogP contribution in [-0.2, 0) is 0 Å². The zero-order valence-electron chi connectivity index (χ0n) is 14.3. The zero-order chi connectivity index (χ0) is 17.3. The molecule has 0 saturated carbocycles. The molecule has 0 aliphatic rings. The fourth-order valence-corrected chi connectivity index (χ4v) is 3.66. The van der Waals surface area contributed by atoms with Crippen LogP contribution in [0, 0.1) is 0 Å². The first-order valence-electron chi connectivity index (χ1n) is 8.88. The maximum absolute atomic E-state index is 2.25. The Morgan fingerprint density at radius 1 is 0.538 bits per heavy atom. The van der Waals surface area contributed by atoms with Crippen LogP contribution in [0.15, 0.2) is 97.2 Å². The Morgan fingerprint density at radius 2 is 1.23 bits per heavy atom. The van der Waals surface area contributed by atoms with Gasteiger partial charge in [-0.2, -0.15) is 4.40 Å². The maximum atomic E-state index is 2.25. The van der Waals surface area contributed by atoms with E-state index < -0.39 is 0 Å². The van der Waals surface area contributed by atoms with Gasteiger partial charge in [-0.25, -0.2) is 0 Å². The summed E-state index contributed by atoms with van der Waals surface area (Å²) in [5.41, 5.74) is 3.63. The molecule has 1 heteroatoms. The number of benzene rings is 3. The molecule has 0 spiro atoms. The quantitative estimate of drug-likeness (QED) is 0.280. The van der Waals surface area contributed by atoms with Crippen LogP contribution in [0.1, 0.15) is 11.3 Å². The van der Waals surface area contributed by atoms with Gasteiger partial charge in [0.1, 0.15) is 0 Å². The molecule has 0 amide bonds. The van der Waals surface area contributed by atoms with Crippen molar-refractivity contribution in [3.8, 4) is 0 Å². The lowest BCUT2D eigenvalue weighted by atomic mass is 10.0. The van der Waals surface area contributed by atoms with E-state index in [1.54, 1.807) is 0 Å². The minimum absolute atomic E-state index is 1.17.